The van der Waals surface area contributed by atoms with Gasteiger partial charge >= 0.3 is 6.03 Å². The highest BCUT2D eigenvalue weighted by molar-refractivity contribution is 6.08. The zero-order chi connectivity index (χ0) is 20.2. The molecule has 1 aromatic rings. The summed E-state index contributed by atoms with van der Waals surface area (Å²) in [6.45, 7) is 6.34. The quantitative estimate of drug-likeness (QED) is 0.708. The average molecular weight is 374 g/mol. The third-order valence-electron chi connectivity index (χ3n) is 5.31. The predicted octanol–water partition coefficient (Wildman–Crippen LogP) is 2.21. The van der Waals surface area contributed by atoms with Crippen LogP contribution in [0, 0.1) is 0 Å². The molecule has 0 aromatic heterocycles. The molecule has 7 heteroatoms. The maximum atomic E-state index is 12.7. The molecular formula is C20H30N4O3. The van der Waals surface area contributed by atoms with Crippen LogP contribution in [0.5, 0.6) is 0 Å². The summed E-state index contributed by atoms with van der Waals surface area (Å²) < 4.78 is 0. The molecule has 148 valence electrons. The van der Waals surface area contributed by atoms with Gasteiger partial charge in [-0.2, -0.15) is 0 Å². The number of imide groups is 1. The van der Waals surface area contributed by atoms with Crippen molar-refractivity contribution in [2.24, 2.45) is 0 Å². The number of hydrogen-bond donors (Lipinski definition) is 1. The van der Waals surface area contributed by atoms with Crippen LogP contribution in [-0.2, 0) is 16.1 Å². The number of nitrogens with zero attached hydrogens (tertiary/aromatic N) is 3. The third-order valence-corrected chi connectivity index (χ3v) is 5.31. The van der Waals surface area contributed by atoms with Gasteiger partial charge in [0.15, 0.2) is 0 Å². The van der Waals surface area contributed by atoms with Gasteiger partial charge in [0, 0.05) is 32.9 Å². The van der Waals surface area contributed by atoms with E-state index in [1.54, 1.807) is 4.90 Å². The predicted molar refractivity (Wildman–Crippen MR) is 105 cm³/mol. The van der Waals surface area contributed by atoms with E-state index in [9.17, 15) is 14.4 Å². The number of carbonyl (C=O) groups excluding carboxylic acids is 3. The molecule has 0 saturated carbocycles. The zero-order valence-electron chi connectivity index (χ0n) is 16.9. The van der Waals surface area contributed by atoms with Crippen LogP contribution >= 0.6 is 0 Å². The van der Waals surface area contributed by atoms with Crippen molar-refractivity contribution in [3.8, 4) is 0 Å². The molecule has 0 bridgehead atoms. The highest BCUT2D eigenvalue weighted by Crippen LogP contribution is 2.25. The van der Waals surface area contributed by atoms with Crippen LogP contribution in [0.3, 0.4) is 0 Å². The minimum atomic E-state index is -0.879. The van der Waals surface area contributed by atoms with Crippen LogP contribution in [0.2, 0.25) is 0 Å². The molecule has 27 heavy (non-hydrogen) atoms. The Labute approximate surface area is 161 Å². The minimum absolute atomic E-state index is 0.226. The van der Waals surface area contributed by atoms with E-state index < -0.39 is 11.6 Å². The van der Waals surface area contributed by atoms with Crippen LogP contribution in [0.25, 0.3) is 0 Å². The van der Waals surface area contributed by atoms with Gasteiger partial charge in [0.05, 0.1) is 0 Å². The molecule has 0 atom stereocenters. The highest BCUT2D eigenvalue weighted by Gasteiger charge is 2.49. The summed E-state index contributed by atoms with van der Waals surface area (Å²) in [5.41, 5.74) is 1.21. The fraction of sp³-hybridized carbons (Fsp3) is 0.550. The smallest absolute Gasteiger partial charge is 0.325 e. The number of benzene rings is 1. The molecule has 1 N–H and O–H groups in total. The molecule has 1 fully saturated rings. The second kappa shape index (κ2) is 8.41. The number of nitrogens with one attached hydrogen (secondary N) is 1. The monoisotopic (exact) mass is 374 g/mol. The van der Waals surface area contributed by atoms with E-state index >= 15 is 0 Å². The molecule has 1 aliphatic rings. The van der Waals surface area contributed by atoms with Gasteiger partial charge in [0.2, 0.25) is 5.91 Å². The Morgan fingerprint density at radius 2 is 1.67 bits per heavy atom. The molecule has 0 spiro atoms. The summed E-state index contributed by atoms with van der Waals surface area (Å²) in [7, 11) is 3.95. The first-order valence-electron chi connectivity index (χ1n) is 9.46. The van der Waals surface area contributed by atoms with Crippen LogP contribution in [0.1, 0.15) is 39.2 Å². The van der Waals surface area contributed by atoms with Gasteiger partial charge in [0.1, 0.15) is 12.1 Å². The lowest BCUT2D eigenvalue weighted by Gasteiger charge is -2.25. The highest BCUT2D eigenvalue weighted by atomic mass is 16.2. The van der Waals surface area contributed by atoms with E-state index in [2.05, 4.69) is 5.32 Å². The van der Waals surface area contributed by atoms with Gasteiger partial charge in [-0.05, 0) is 37.5 Å². The summed E-state index contributed by atoms with van der Waals surface area (Å²) in [5.74, 6) is -0.544. The van der Waals surface area contributed by atoms with Gasteiger partial charge in [-0.3, -0.25) is 14.5 Å². The van der Waals surface area contributed by atoms with Crippen molar-refractivity contribution in [2.75, 3.05) is 32.1 Å². The molecule has 1 aromatic carbocycles. The number of hydrogen-bond acceptors (Lipinski definition) is 4. The molecule has 1 heterocycles. The second-order valence-corrected chi connectivity index (χ2v) is 7.08. The van der Waals surface area contributed by atoms with Crippen molar-refractivity contribution in [1.29, 1.82) is 0 Å². The van der Waals surface area contributed by atoms with E-state index in [0.29, 0.717) is 25.9 Å². The SMILES string of the molecule is CCN(Cc1ccc(N(C)C)cc1)C(=O)CN1C(=O)NC(CC)(CC)C1=O. The average Bonchev–Trinajstić information content (AvgIpc) is 2.90. The van der Waals surface area contributed by atoms with Crippen molar-refractivity contribution in [2.45, 2.75) is 45.7 Å². The maximum Gasteiger partial charge on any atom is 0.325 e. The molecule has 0 aliphatic carbocycles. The molecule has 1 saturated heterocycles. The van der Waals surface area contributed by atoms with E-state index in [1.807, 2.05) is 64.0 Å². The molecular weight excluding hydrogens is 344 g/mol. The summed E-state index contributed by atoms with van der Waals surface area (Å²) in [4.78, 5) is 42.4. The van der Waals surface area contributed by atoms with Crippen molar-refractivity contribution < 1.29 is 14.4 Å². The van der Waals surface area contributed by atoms with Crippen molar-refractivity contribution in [1.82, 2.24) is 15.1 Å². The number of rotatable bonds is 8. The second-order valence-electron chi connectivity index (χ2n) is 7.08. The van der Waals surface area contributed by atoms with Gasteiger partial charge < -0.3 is 15.1 Å². The van der Waals surface area contributed by atoms with Gasteiger partial charge in [0.25, 0.3) is 5.91 Å². The first-order valence-corrected chi connectivity index (χ1v) is 9.46. The Hall–Kier alpha value is -2.57. The molecule has 2 rings (SSSR count). The fourth-order valence-electron chi connectivity index (χ4n) is 3.28. The standard InChI is InChI=1S/C20H30N4O3/c1-6-20(7-2)18(26)24(19(27)21-20)14-17(25)23(8-3)13-15-9-11-16(12-10-15)22(4)5/h9-12H,6-8,13-14H2,1-5H3,(H,21,27). The molecule has 4 amide bonds. The van der Waals surface area contributed by atoms with E-state index in [4.69, 9.17) is 0 Å². The molecule has 1 aliphatic heterocycles. The number of amides is 4. The van der Waals surface area contributed by atoms with Crippen LogP contribution in [0.4, 0.5) is 10.5 Å². The van der Waals surface area contributed by atoms with E-state index in [0.717, 1.165) is 16.2 Å². The number of carbonyl (C=O) groups is 3. The molecule has 0 radical (unpaired) electrons. The molecule has 7 nitrogen and oxygen atoms in total. The third kappa shape index (κ3) is 4.23. The number of likely N-dealkylation sites (N-methyl/N-ethyl adjacent to an activating group) is 1. The Morgan fingerprint density at radius 3 is 2.11 bits per heavy atom. The number of urea groups is 1. The van der Waals surface area contributed by atoms with Crippen molar-refractivity contribution >= 4 is 23.5 Å². The van der Waals surface area contributed by atoms with Crippen molar-refractivity contribution in [3.63, 3.8) is 0 Å². The van der Waals surface area contributed by atoms with Crippen LogP contribution in [-0.4, -0.2) is 60.4 Å². The van der Waals surface area contributed by atoms with Gasteiger partial charge in [-0.1, -0.05) is 26.0 Å². The van der Waals surface area contributed by atoms with E-state index in [1.165, 1.54) is 0 Å². The Bertz CT molecular complexity index is 696. The zero-order valence-corrected chi connectivity index (χ0v) is 16.9. The summed E-state index contributed by atoms with van der Waals surface area (Å²) in [6, 6.07) is 7.49. The first kappa shape index (κ1) is 20.7. The fourth-order valence-corrected chi connectivity index (χ4v) is 3.28. The van der Waals surface area contributed by atoms with E-state index in [-0.39, 0.29) is 18.4 Å². The van der Waals surface area contributed by atoms with Crippen LogP contribution in [0.15, 0.2) is 24.3 Å². The summed E-state index contributed by atoms with van der Waals surface area (Å²) in [5, 5.41) is 2.76. The lowest BCUT2D eigenvalue weighted by Crippen LogP contribution is -2.47. The maximum absolute atomic E-state index is 12.7. The largest absolute Gasteiger partial charge is 0.378 e. The van der Waals surface area contributed by atoms with Gasteiger partial charge in [-0.25, -0.2) is 4.79 Å². The summed E-state index contributed by atoms with van der Waals surface area (Å²) in [6.07, 6.45) is 1.02. The van der Waals surface area contributed by atoms with Crippen LogP contribution < -0.4 is 10.2 Å². The van der Waals surface area contributed by atoms with Crippen molar-refractivity contribution in [3.05, 3.63) is 29.8 Å². The lowest BCUT2D eigenvalue weighted by molar-refractivity contribution is -0.139. The van der Waals surface area contributed by atoms with Gasteiger partial charge in [-0.15, -0.1) is 0 Å². The molecule has 0 unspecified atom stereocenters. The first-order chi connectivity index (χ1) is 12.8. The Morgan fingerprint density at radius 1 is 1.07 bits per heavy atom. The Balaban J connectivity index is 2.06. The lowest BCUT2D eigenvalue weighted by atomic mass is 9.93. The minimum Gasteiger partial charge on any atom is -0.378 e. The normalized spacial score (nSPS) is 15.7. The Kier molecular flexibility index (Phi) is 6.46. The topological polar surface area (TPSA) is 73.0 Å². The number of anilines is 1. The summed E-state index contributed by atoms with van der Waals surface area (Å²) >= 11 is 0.